The zero-order valence-electron chi connectivity index (χ0n) is 22.6. The van der Waals surface area contributed by atoms with E-state index in [0.29, 0.717) is 45.1 Å². The first-order valence-corrected chi connectivity index (χ1v) is 14.0. The highest BCUT2D eigenvalue weighted by molar-refractivity contribution is 5.90. The Labute approximate surface area is 232 Å². The lowest BCUT2D eigenvalue weighted by molar-refractivity contribution is -0.129. The second-order valence-electron chi connectivity index (χ2n) is 10.0. The van der Waals surface area contributed by atoms with E-state index < -0.39 is 0 Å². The Balaban J connectivity index is 1.32. The van der Waals surface area contributed by atoms with Crippen LogP contribution in [0, 0.1) is 0 Å². The lowest BCUT2D eigenvalue weighted by Gasteiger charge is -2.28. The van der Waals surface area contributed by atoms with Gasteiger partial charge in [-0.1, -0.05) is 12.8 Å². The van der Waals surface area contributed by atoms with Gasteiger partial charge in [0.2, 0.25) is 5.91 Å². The van der Waals surface area contributed by atoms with Crippen LogP contribution in [0.3, 0.4) is 0 Å². The van der Waals surface area contributed by atoms with Crippen LogP contribution in [0.2, 0.25) is 0 Å². The number of nitrogens with one attached hydrogen (secondary N) is 3. The zero-order valence-corrected chi connectivity index (χ0v) is 22.6. The Hall–Kier alpha value is -3.81. The fourth-order valence-corrected chi connectivity index (χ4v) is 4.98. The van der Waals surface area contributed by atoms with Crippen LogP contribution in [0.4, 0.5) is 16.3 Å². The molecule has 0 spiro atoms. The molecule has 3 amide bonds. The van der Waals surface area contributed by atoms with Gasteiger partial charge >= 0.3 is 6.03 Å². The van der Waals surface area contributed by atoms with Crippen LogP contribution in [0.25, 0.3) is 22.4 Å². The summed E-state index contributed by atoms with van der Waals surface area (Å²) in [4.78, 5) is 37.7. The van der Waals surface area contributed by atoms with Crippen LogP contribution in [0.5, 0.6) is 0 Å². The van der Waals surface area contributed by atoms with E-state index in [2.05, 4.69) is 20.6 Å². The molecule has 0 bridgehead atoms. The zero-order chi connectivity index (χ0) is 27.7. The van der Waals surface area contributed by atoms with Crippen molar-refractivity contribution < 1.29 is 19.5 Å². The molecule has 2 saturated heterocycles. The summed E-state index contributed by atoms with van der Waals surface area (Å²) in [5.41, 5.74) is 4.03. The van der Waals surface area contributed by atoms with Gasteiger partial charge in [-0.15, -0.1) is 0 Å². The lowest BCUT2D eigenvalue weighted by Crippen LogP contribution is -2.48. The van der Waals surface area contributed by atoms with Crippen molar-refractivity contribution in [2.45, 2.75) is 38.6 Å². The molecule has 0 unspecified atom stereocenters. The fourth-order valence-electron chi connectivity index (χ4n) is 4.98. The number of piperazine rings is 1. The van der Waals surface area contributed by atoms with Crippen LogP contribution < -0.4 is 21.0 Å². The second-order valence-corrected chi connectivity index (χ2v) is 10.0. The number of hydrogen-bond donors (Lipinski definition) is 4. The maximum atomic E-state index is 12.6. The Morgan fingerprint density at radius 2 is 1.73 bits per heavy atom. The van der Waals surface area contributed by atoms with Crippen molar-refractivity contribution in [1.82, 2.24) is 35.4 Å². The summed E-state index contributed by atoms with van der Waals surface area (Å²) >= 11 is 0. The minimum atomic E-state index is -0.354. The van der Waals surface area contributed by atoms with Crippen molar-refractivity contribution in [1.29, 1.82) is 0 Å². The number of hydrogen-bond acceptors (Lipinski definition) is 9. The molecule has 2 aliphatic rings. The molecule has 4 N–H and O–H groups in total. The summed E-state index contributed by atoms with van der Waals surface area (Å²) in [5, 5.41) is 20.4. The molecule has 13 heteroatoms. The van der Waals surface area contributed by atoms with Gasteiger partial charge in [-0.3, -0.25) is 10.0 Å². The number of amides is 3. The first-order chi connectivity index (χ1) is 19.6. The van der Waals surface area contributed by atoms with Crippen LogP contribution in [-0.2, 0) is 16.1 Å². The van der Waals surface area contributed by atoms with E-state index in [1.54, 1.807) is 5.48 Å². The molecule has 3 aromatic rings. The number of carbonyl (C=O) groups excluding carboxylic acids is 2. The predicted molar refractivity (Wildman–Crippen MR) is 150 cm³/mol. The Morgan fingerprint density at radius 1 is 0.975 bits per heavy atom. The van der Waals surface area contributed by atoms with Gasteiger partial charge in [0.1, 0.15) is 5.82 Å². The highest BCUT2D eigenvalue weighted by atomic mass is 16.5. The third-order valence-corrected chi connectivity index (χ3v) is 7.23. The largest absolute Gasteiger partial charge is 0.378 e. The summed E-state index contributed by atoms with van der Waals surface area (Å²) in [6.07, 6.45) is 5.61. The summed E-state index contributed by atoms with van der Waals surface area (Å²) in [6, 6.07) is 7.53. The summed E-state index contributed by atoms with van der Waals surface area (Å²) in [7, 11) is 0. The van der Waals surface area contributed by atoms with Crippen molar-refractivity contribution in [3.05, 3.63) is 30.5 Å². The van der Waals surface area contributed by atoms with Crippen molar-refractivity contribution in [3.63, 3.8) is 0 Å². The summed E-state index contributed by atoms with van der Waals surface area (Å²) < 4.78 is 7.49. The molecule has 0 radical (unpaired) electrons. The number of aryl methyl sites for hydroxylation is 1. The maximum absolute atomic E-state index is 12.6. The number of rotatable bonds is 10. The molecule has 5 rings (SSSR count). The number of benzene rings is 1. The molecular weight excluding hydrogens is 514 g/mol. The number of nitrogens with zero attached hydrogens (tertiary/aromatic N) is 6. The average molecular weight is 552 g/mol. The first kappa shape index (κ1) is 27.7. The molecule has 4 heterocycles. The van der Waals surface area contributed by atoms with E-state index in [1.807, 2.05) is 40.0 Å². The van der Waals surface area contributed by atoms with Crippen LogP contribution in [-0.4, -0.2) is 94.3 Å². The molecule has 40 heavy (non-hydrogen) atoms. The number of hydroxylamine groups is 1. The van der Waals surface area contributed by atoms with Gasteiger partial charge in [-0.25, -0.2) is 24.9 Å². The topological polar surface area (TPSA) is 150 Å². The highest BCUT2D eigenvalue weighted by Crippen LogP contribution is 2.29. The van der Waals surface area contributed by atoms with E-state index in [4.69, 9.17) is 19.9 Å². The van der Waals surface area contributed by atoms with Crippen LogP contribution in [0.1, 0.15) is 32.1 Å². The van der Waals surface area contributed by atoms with E-state index in [-0.39, 0.29) is 11.9 Å². The van der Waals surface area contributed by atoms with Gasteiger partial charge in [-0.2, -0.15) is 5.10 Å². The molecule has 13 nitrogen and oxygen atoms in total. The second kappa shape index (κ2) is 13.5. The van der Waals surface area contributed by atoms with Gasteiger partial charge in [0, 0.05) is 63.5 Å². The lowest BCUT2D eigenvalue weighted by atomic mass is 10.1. The van der Waals surface area contributed by atoms with Gasteiger partial charge in [0.05, 0.1) is 24.8 Å². The number of anilines is 2. The first-order valence-electron chi connectivity index (χ1n) is 14.0. The van der Waals surface area contributed by atoms with E-state index >= 15 is 0 Å². The predicted octanol–water partition coefficient (Wildman–Crippen LogP) is 2.22. The highest BCUT2D eigenvalue weighted by Gasteiger charge is 2.21. The molecule has 214 valence electrons. The SMILES string of the molecule is O=C(CCCCCCn1ncc2c(N3CCOCC3)nc(-c3ccc(NC(=O)N4CCNCC4)cc3)nc21)NO. The number of ether oxygens (including phenoxy) is 1. The molecule has 0 saturated carbocycles. The van der Waals surface area contributed by atoms with Crippen LogP contribution in [0.15, 0.2) is 30.5 Å². The number of aromatic nitrogens is 4. The van der Waals surface area contributed by atoms with E-state index in [0.717, 1.165) is 80.0 Å². The molecular formula is C27H37N9O4. The monoisotopic (exact) mass is 551 g/mol. The third-order valence-electron chi connectivity index (χ3n) is 7.23. The minimum Gasteiger partial charge on any atom is -0.378 e. The third kappa shape index (κ3) is 6.84. The van der Waals surface area contributed by atoms with Crippen molar-refractivity contribution in [2.75, 3.05) is 62.7 Å². The molecule has 2 fully saturated rings. The molecule has 2 aromatic heterocycles. The van der Waals surface area contributed by atoms with Crippen LogP contribution >= 0.6 is 0 Å². The maximum Gasteiger partial charge on any atom is 0.321 e. The summed E-state index contributed by atoms with van der Waals surface area (Å²) in [5.74, 6) is 1.10. The Morgan fingerprint density at radius 3 is 2.48 bits per heavy atom. The van der Waals surface area contributed by atoms with Crippen molar-refractivity contribution in [3.8, 4) is 11.4 Å². The Kier molecular flexibility index (Phi) is 9.37. The number of carbonyl (C=O) groups is 2. The molecule has 1 aromatic carbocycles. The summed E-state index contributed by atoms with van der Waals surface area (Å²) in [6.45, 7) is 6.47. The van der Waals surface area contributed by atoms with E-state index in [1.165, 1.54) is 0 Å². The number of fused-ring (bicyclic) bond motifs is 1. The average Bonchev–Trinajstić information content (AvgIpc) is 3.42. The quantitative estimate of drug-likeness (QED) is 0.169. The van der Waals surface area contributed by atoms with Gasteiger partial charge in [0.25, 0.3) is 0 Å². The van der Waals surface area contributed by atoms with Gasteiger partial charge in [0.15, 0.2) is 11.5 Å². The van der Waals surface area contributed by atoms with Crippen molar-refractivity contribution in [2.24, 2.45) is 0 Å². The number of morpholine rings is 1. The van der Waals surface area contributed by atoms with E-state index in [9.17, 15) is 9.59 Å². The molecule has 0 atom stereocenters. The fraction of sp³-hybridized carbons (Fsp3) is 0.519. The minimum absolute atomic E-state index is 0.0953. The van der Waals surface area contributed by atoms with Crippen molar-refractivity contribution >= 4 is 34.5 Å². The number of unbranched alkanes of at least 4 members (excludes halogenated alkanes) is 3. The van der Waals surface area contributed by atoms with Gasteiger partial charge in [-0.05, 0) is 37.1 Å². The molecule has 0 aliphatic carbocycles. The Bertz CT molecular complexity index is 1290. The normalized spacial score (nSPS) is 15.8. The standard InChI is InChI=1S/C27H37N9O4/c37-23(33-39)5-3-1-2-4-12-36-26-22(19-29-36)25(34-15-17-40-18-16-34)31-24(32-26)20-6-8-21(9-7-20)30-27(38)35-13-10-28-11-14-35/h6-9,19,28,39H,1-5,10-18H2,(H,30,38)(H,33,37). The smallest absolute Gasteiger partial charge is 0.321 e. The molecule has 2 aliphatic heterocycles. The number of urea groups is 1. The van der Waals surface area contributed by atoms with Gasteiger partial charge < -0.3 is 25.2 Å².